The summed E-state index contributed by atoms with van der Waals surface area (Å²) in [7, 11) is 0. The van der Waals surface area contributed by atoms with E-state index < -0.39 is 4.92 Å². The highest BCUT2D eigenvalue weighted by Crippen LogP contribution is 2.19. The van der Waals surface area contributed by atoms with Crippen LogP contribution in [0.1, 0.15) is 24.8 Å². The number of likely N-dealkylation sites (tertiary alicyclic amines) is 1. The maximum Gasteiger partial charge on any atom is 0.273 e. The van der Waals surface area contributed by atoms with E-state index in [9.17, 15) is 19.7 Å². The molecule has 2 amide bonds. The molecule has 2 fully saturated rings. The minimum Gasteiger partial charge on any atom is -0.342 e. The standard InChI is InChI=1S/C19H26N4O4/c24-18(14-16-6-2-3-7-17(16)23(26)27)22-12-10-20(11-13-22)15-19(25)21-8-4-1-5-9-21/h2-3,6-7H,1,4-5,8-15H2. The van der Waals surface area contributed by atoms with Crippen LogP contribution >= 0.6 is 0 Å². The number of piperazine rings is 1. The molecule has 0 bridgehead atoms. The van der Waals surface area contributed by atoms with Gasteiger partial charge < -0.3 is 9.80 Å². The molecule has 27 heavy (non-hydrogen) atoms. The van der Waals surface area contributed by atoms with Gasteiger partial charge in [-0.25, -0.2) is 0 Å². The van der Waals surface area contributed by atoms with Gasteiger partial charge in [-0.15, -0.1) is 0 Å². The van der Waals surface area contributed by atoms with Crippen LogP contribution in [0.15, 0.2) is 24.3 Å². The first-order valence-electron chi connectivity index (χ1n) is 9.55. The van der Waals surface area contributed by atoms with Gasteiger partial charge in [0.25, 0.3) is 5.69 Å². The Hall–Kier alpha value is -2.48. The van der Waals surface area contributed by atoms with Crippen molar-refractivity contribution in [2.45, 2.75) is 25.7 Å². The zero-order valence-electron chi connectivity index (χ0n) is 15.5. The van der Waals surface area contributed by atoms with Crippen LogP contribution in [-0.2, 0) is 16.0 Å². The first-order chi connectivity index (χ1) is 13.0. The molecule has 1 aromatic rings. The number of carbonyl (C=O) groups excluding carboxylic acids is 2. The summed E-state index contributed by atoms with van der Waals surface area (Å²) in [5, 5.41) is 11.1. The van der Waals surface area contributed by atoms with Crippen LogP contribution in [-0.4, -0.2) is 77.3 Å². The van der Waals surface area contributed by atoms with Gasteiger partial charge in [0, 0.05) is 50.9 Å². The largest absolute Gasteiger partial charge is 0.342 e. The lowest BCUT2D eigenvalue weighted by Gasteiger charge is -2.36. The van der Waals surface area contributed by atoms with E-state index in [0.29, 0.717) is 38.3 Å². The van der Waals surface area contributed by atoms with Crippen molar-refractivity contribution in [3.63, 3.8) is 0 Å². The Morgan fingerprint density at radius 1 is 0.889 bits per heavy atom. The van der Waals surface area contributed by atoms with Crippen molar-refractivity contribution >= 4 is 17.5 Å². The van der Waals surface area contributed by atoms with E-state index >= 15 is 0 Å². The molecule has 0 atom stereocenters. The monoisotopic (exact) mass is 374 g/mol. The smallest absolute Gasteiger partial charge is 0.273 e. The highest BCUT2D eigenvalue weighted by molar-refractivity contribution is 5.80. The molecule has 0 radical (unpaired) electrons. The fourth-order valence-corrected chi connectivity index (χ4v) is 3.70. The SMILES string of the molecule is O=C(Cc1ccccc1[N+](=O)[O-])N1CCN(CC(=O)N2CCCCC2)CC1. The summed E-state index contributed by atoms with van der Waals surface area (Å²) in [5.41, 5.74) is 0.423. The predicted octanol–water partition coefficient (Wildman–Crippen LogP) is 1.29. The van der Waals surface area contributed by atoms with Gasteiger partial charge in [0.15, 0.2) is 0 Å². The van der Waals surface area contributed by atoms with Crippen molar-refractivity contribution in [1.82, 2.24) is 14.7 Å². The Morgan fingerprint density at radius 2 is 1.52 bits per heavy atom. The summed E-state index contributed by atoms with van der Waals surface area (Å²) < 4.78 is 0. The second-order valence-corrected chi connectivity index (χ2v) is 7.16. The molecular weight excluding hydrogens is 348 g/mol. The van der Waals surface area contributed by atoms with Crippen molar-refractivity contribution in [2.75, 3.05) is 45.8 Å². The highest BCUT2D eigenvalue weighted by Gasteiger charge is 2.26. The van der Waals surface area contributed by atoms with Crippen LogP contribution in [0, 0.1) is 10.1 Å². The van der Waals surface area contributed by atoms with Crippen molar-refractivity contribution < 1.29 is 14.5 Å². The van der Waals surface area contributed by atoms with Gasteiger partial charge in [-0.3, -0.25) is 24.6 Å². The number of para-hydroxylation sites is 1. The normalized spacial score (nSPS) is 18.4. The minimum atomic E-state index is -0.452. The van der Waals surface area contributed by atoms with Gasteiger partial charge in [-0.2, -0.15) is 0 Å². The summed E-state index contributed by atoms with van der Waals surface area (Å²) in [4.78, 5) is 41.3. The Balaban J connectivity index is 1.48. The third kappa shape index (κ3) is 5.03. The number of nitro groups is 1. The molecule has 2 aliphatic rings. The van der Waals surface area contributed by atoms with Crippen molar-refractivity contribution in [1.29, 1.82) is 0 Å². The molecule has 2 heterocycles. The molecule has 2 saturated heterocycles. The number of benzene rings is 1. The number of carbonyl (C=O) groups is 2. The lowest BCUT2D eigenvalue weighted by atomic mass is 10.1. The molecule has 3 rings (SSSR count). The van der Waals surface area contributed by atoms with Crippen molar-refractivity contribution in [3.8, 4) is 0 Å². The lowest BCUT2D eigenvalue weighted by molar-refractivity contribution is -0.385. The van der Waals surface area contributed by atoms with Gasteiger partial charge >= 0.3 is 0 Å². The van der Waals surface area contributed by atoms with E-state index in [4.69, 9.17) is 0 Å². The fourth-order valence-electron chi connectivity index (χ4n) is 3.70. The Labute approximate surface area is 158 Å². The summed E-state index contributed by atoms with van der Waals surface area (Å²) >= 11 is 0. The second-order valence-electron chi connectivity index (χ2n) is 7.16. The maximum atomic E-state index is 12.5. The molecule has 0 unspecified atom stereocenters. The first kappa shape index (κ1) is 19.3. The van der Waals surface area contributed by atoms with E-state index in [1.807, 2.05) is 4.90 Å². The zero-order valence-corrected chi connectivity index (χ0v) is 15.5. The second kappa shape index (κ2) is 8.94. The van der Waals surface area contributed by atoms with Crippen LogP contribution in [0.5, 0.6) is 0 Å². The molecule has 0 aliphatic carbocycles. The number of hydrogen-bond acceptors (Lipinski definition) is 5. The zero-order chi connectivity index (χ0) is 19.2. The van der Waals surface area contributed by atoms with Gasteiger partial charge in [-0.05, 0) is 19.3 Å². The summed E-state index contributed by atoms with van der Waals surface area (Å²) in [6.07, 6.45) is 3.40. The Bertz CT molecular complexity index is 695. The van der Waals surface area contributed by atoms with Gasteiger partial charge in [0.1, 0.15) is 0 Å². The summed E-state index contributed by atoms with van der Waals surface area (Å²) in [6.45, 7) is 4.52. The molecule has 8 nitrogen and oxygen atoms in total. The molecule has 1 aromatic carbocycles. The quantitative estimate of drug-likeness (QED) is 0.573. The van der Waals surface area contributed by atoms with Gasteiger partial charge in [0.05, 0.1) is 17.9 Å². The van der Waals surface area contributed by atoms with Crippen molar-refractivity contribution in [3.05, 3.63) is 39.9 Å². The number of rotatable bonds is 5. The maximum absolute atomic E-state index is 12.5. The Kier molecular flexibility index (Phi) is 6.39. The van der Waals surface area contributed by atoms with E-state index in [-0.39, 0.29) is 23.9 Å². The number of piperidine rings is 1. The van der Waals surface area contributed by atoms with Crippen LogP contribution in [0.25, 0.3) is 0 Å². The van der Waals surface area contributed by atoms with Gasteiger partial charge in [0.2, 0.25) is 11.8 Å². The molecule has 2 aliphatic heterocycles. The predicted molar refractivity (Wildman–Crippen MR) is 100 cm³/mol. The van der Waals surface area contributed by atoms with Crippen LogP contribution in [0.2, 0.25) is 0 Å². The summed E-state index contributed by atoms with van der Waals surface area (Å²) in [6, 6.07) is 6.36. The highest BCUT2D eigenvalue weighted by atomic mass is 16.6. The molecule has 0 saturated carbocycles. The third-order valence-corrected chi connectivity index (χ3v) is 5.32. The van der Waals surface area contributed by atoms with E-state index in [1.165, 1.54) is 12.5 Å². The first-order valence-corrected chi connectivity index (χ1v) is 9.55. The third-order valence-electron chi connectivity index (χ3n) is 5.32. The number of nitro benzene ring substituents is 1. The molecule has 0 spiro atoms. The molecule has 146 valence electrons. The van der Waals surface area contributed by atoms with E-state index in [0.717, 1.165) is 25.9 Å². The van der Waals surface area contributed by atoms with E-state index in [2.05, 4.69) is 4.90 Å². The molecule has 0 aromatic heterocycles. The fraction of sp³-hybridized carbons (Fsp3) is 0.579. The van der Waals surface area contributed by atoms with Gasteiger partial charge in [-0.1, -0.05) is 18.2 Å². The average Bonchev–Trinajstić information content (AvgIpc) is 2.69. The Morgan fingerprint density at radius 3 is 2.19 bits per heavy atom. The average molecular weight is 374 g/mol. The number of hydrogen-bond donors (Lipinski definition) is 0. The molecular formula is C19H26N4O4. The van der Waals surface area contributed by atoms with Crippen LogP contribution in [0.4, 0.5) is 5.69 Å². The molecule has 8 heteroatoms. The number of nitrogens with zero attached hydrogens (tertiary/aromatic N) is 4. The number of amides is 2. The van der Waals surface area contributed by atoms with Crippen LogP contribution in [0.3, 0.4) is 0 Å². The minimum absolute atomic E-state index is 0.0170. The molecule has 0 N–H and O–H groups in total. The van der Waals surface area contributed by atoms with Crippen molar-refractivity contribution in [2.24, 2.45) is 0 Å². The van der Waals surface area contributed by atoms with Crippen LogP contribution < -0.4 is 0 Å². The summed E-state index contributed by atoms with van der Waals surface area (Å²) in [5.74, 6) is 0.0701. The van der Waals surface area contributed by atoms with E-state index in [1.54, 1.807) is 23.1 Å². The lowest BCUT2D eigenvalue weighted by Crippen LogP contribution is -2.52. The topological polar surface area (TPSA) is 87.0 Å².